The summed E-state index contributed by atoms with van der Waals surface area (Å²) in [6.45, 7) is 4.05. The number of nitriles is 1. The summed E-state index contributed by atoms with van der Waals surface area (Å²) < 4.78 is 11.6. The topological polar surface area (TPSA) is 117 Å². The molecule has 1 aliphatic rings. The summed E-state index contributed by atoms with van der Waals surface area (Å²) in [5.74, 6) is 0.676. The second kappa shape index (κ2) is 10.3. The largest absolute Gasteiger partial charge is 0.512 e. The van der Waals surface area contributed by atoms with E-state index in [2.05, 4.69) is 28.2 Å². The quantitative estimate of drug-likeness (QED) is 0.266. The normalized spacial score (nSPS) is 14.1. The lowest BCUT2D eigenvalue weighted by Gasteiger charge is -2.26. The minimum Gasteiger partial charge on any atom is -0.512 e. The van der Waals surface area contributed by atoms with Crippen molar-refractivity contribution < 1.29 is 19.4 Å². The highest BCUT2D eigenvalue weighted by atomic mass is 35.5. The van der Waals surface area contributed by atoms with Crippen molar-refractivity contribution in [2.24, 2.45) is 0 Å². The minimum atomic E-state index is -0.347. The molecule has 1 aromatic heterocycles. The van der Waals surface area contributed by atoms with Crippen LogP contribution in [0.4, 0.5) is 5.13 Å². The predicted molar refractivity (Wildman–Crippen MR) is 141 cm³/mol. The zero-order valence-corrected chi connectivity index (χ0v) is 20.8. The molecule has 37 heavy (non-hydrogen) atoms. The van der Waals surface area contributed by atoms with E-state index in [1.807, 2.05) is 12.1 Å². The molecule has 5 rings (SSSR count). The molecule has 2 heterocycles. The highest BCUT2D eigenvalue weighted by molar-refractivity contribution is 7.18. The molecule has 0 spiro atoms. The Kier molecular flexibility index (Phi) is 6.77. The standard InChI is InChI=1S/C27H19ClN4O4S/c1-15(33)21-10-11-35-24-13-23(18(14-29)12-22(21)24)36-20-8-4-16(5-9-20)25(34)30-27-32-31-26(37-27)17-2-6-19(28)7-3-17/h2-9,12-13,21,33H,1,10-11H2,(H,30,32,34). The lowest BCUT2D eigenvalue weighted by Crippen LogP contribution is -2.16. The van der Waals surface area contributed by atoms with Gasteiger partial charge < -0.3 is 14.6 Å². The van der Waals surface area contributed by atoms with Gasteiger partial charge in [-0.3, -0.25) is 10.1 Å². The number of anilines is 1. The van der Waals surface area contributed by atoms with E-state index in [0.29, 0.717) is 62.1 Å². The van der Waals surface area contributed by atoms with Gasteiger partial charge >= 0.3 is 0 Å². The van der Waals surface area contributed by atoms with Crippen LogP contribution in [0, 0.1) is 11.3 Å². The lowest BCUT2D eigenvalue weighted by atomic mass is 9.90. The van der Waals surface area contributed by atoms with Gasteiger partial charge in [-0.25, -0.2) is 0 Å². The van der Waals surface area contributed by atoms with Gasteiger partial charge in [0.15, 0.2) is 0 Å². The Bertz CT molecular complexity index is 1530. The third-order valence-electron chi connectivity index (χ3n) is 5.76. The van der Waals surface area contributed by atoms with Gasteiger partial charge in [-0.05, 0) is 48.9 Å². The van der Waals surface area contributed by atoms with Crippen molar-refractivity contribution in [1.29, 1.82) is 5.26 Å². The second-order valence-electron chi connectivity index (χ2n) is 8.18. The number of hydrogen-bond acceptors (Lipinski definition) is 8. The van der Waals surface area contributed by atoms with E-state index in [4.69, 9.17) is 21.1 Å². The molecule has 0 saturated carbocycles. The molecule has 8 nitrogen and oxygen atoms in total. The van der Waals surface area contributed by atoms with E-state index in [1.165, 1.54) is 11.3 Å². The fourth-order valence-electron chi connectivity index (χ4n) is 3.89. The molecule has 0 bridgehead atoms. The molecule has 0 radical (unpaired) electrons. The molecule has 184 valence electrons. The van der Waals surface area contributed by atoms with Crippen LogP contribution in [0.25, 0.3) is 10.6 Å². The number of carbonyl (C=O) groups excluding carboxylic acids is 1. The number of halogens is 1. The first-order valence-corrected chi connectivity index (χ1v) is 12.4. The van der Waals surface area contributed by atoms with Crippen LogP contribution in [-0.4, -0.2) is 27.8 Å². The highest BCUT2D eigenvalue weighted by Crippen LogP contribution is 2.41. The van der Waals surface area contributed by atoms with E-state index in [0.717, 1.165) is 5.56 Å². The summed E-state index contributed by atoms with van der Waals surface area (Å²) in [5, 5.41) is 32.1. The number of aliphatic hydroxyl groups excluding tert-OH is 1. The number of ether oxygens (including phenoxy) is 2. The molecular weight excluding hydrogens is 512 g/mol. The molecular formula is C27H19ClN4O4S. The van der Waals surface area contributed by atoms with Crippen molar-refractivity contribution >= 4 is 34.0 Å². The minimum absolute atomic E-state index is 0.0331. The SMILES string of the molecule is C=C(O)C1CCOc2cc(Oc3ccc(C(=O)Nc4nnc(-c5ccc(Cl)cc5)s4)cc3)c(C#N)cc21. The zero-order valence-electron chi connectivity index (χ0n) is 19.3. The predicted octanol–water partition coefficient (Wildman–Crippen LogP) is 6.71. The number of benzene rings is 3. The molecule has 10 heteroatoms. The summed E-state index contributed by atoms with van der Waals surface area (Å²) >= 11 is 7.18. The summed E-state index contributed by atoms with van der Waals surface area (Å²) in [4.78, 5) is 12.7. The molecule has 2 N–H and O–H groups in total. The van der Waals surface area contributed by atoms with Gasteiger partial charge in [0.2, 0.25) is 5.13 Å². The molecule has 0 saturated heterocycles. The van der Waals surface area contributed by atoms with Crippen LogP contribution in [0.5, 0.6) is 17.2 Å². The molecule has 3 aromatic carbocycles. The van der Waals surface area contributed by atoms with Gasteiger partial charge in [0.1, 0.15) is 28.3 Å². The van der Waals surface area contributed by atoms with Crippen molar-refractivity contribution in [2.75, 3.05) is 11.9 Å². The molecule has 0 fully saturated rings. The Hall–Kier alpha value is -4.39. The van der Waals surface area contributed by atoms with E-state index in [1.54, 1.807) is 48.5 Å². The van der Waals surface area contributed by atoms with Crippen molar-refractivity contribution in [3.05, 3.63) is 94.7 Å². The molecule has 1 amide bonds. The summed E-state index contributed by atoms with van der Waals surface area (Å²) in [5.41, 5.74) is 2.25. The maximum atomic E-state index is 12.7. The Labute approximate surface area is 221 Å². The van der Waals surface area contributed by atoms with Crippen LogP contribution in [0.3, 0.4) is 0 Å². The fourth-order valence-corrected chi connectivity index (χ4v) is 4.76. The maximum absolute atomic E-state index is 12.7. The Morgan fingerprint density at radius 2 is 1.95 bits per heavy atom. The number of aromatic nitrogens is 2. The first kappa shape index (κ1) is 24.3. The lowest BCUT2D eigenvalue weighted by molar-refractivity contribution is 0.102. The highest BCUT2D eigenvalue weighted by Gasteiger charge is 2.26. The zero-order chi connectivity index (χ0) is 25.9. The average molecular weight is 531 g/mol. The van der Waals surface area contributed by atoms with Crippen LogP contribution < -0.4 is 14.8 Å². The first-order chi connectivity index (χ1) is 17.9. The van der Waals surface area contributed by atoms with Crippen molar-refractivity contribution in [3.63, 3.8) is 0 Å². The van der Waals surface area contributed by atoms with Crippen LogP contribution in [0.15, 0.2) is 73.0 Å². The number of nitrogens with zero attached hydrogens (tertiary/aromatic N) is 3. The number of amides is 1. The summed E-state index contributed by atoms with van der Waals surface area (Å²) in [7, 11) is 0. The first-order valence-electron chi connectivity index (χ1n) is 11.2. The number of carbonyl (C=O) groups is 1. The number of aliphatic hydroxyl groups is 1. The molecule has 1 aliphatic heterocycles. The molecule has 0 aliphatic carbocycles. The fraction of sp³-hybridized carbons (Fsp3) is 0.111. The summed E-state index contributed by atoms with van der Waals surface area (Å²) in [6, 6.07) is 19.1. The van der Waals surface area contributed by atoms with Crippen molar-refractivity contribution in [3.8, 4) is 33.9 Å². The van der Waals surface area contributed by atoms with Crippen LogP contribution in [0.2, 0.25) is 5.02 Å². The molecule has 1 unspecified atom stereocenters. The van der Waals surface area contributed by atoms with Gasteiger partial charge in [0.05, 0.1) is 17.9 Å². The Morgan fingerprint density at radius 3 is 2.65 bits per heavy atom. The van der Waals surface area contributed by atoms with Gasteiger partial charge in [0.25, 0.3) is 5.91 Å². The average Bonchev–Trinajstić information content (AvgIpc) is 3.37. The Balaban J connectivity index is 1.29. The van der Waals surface area contributed by atoms with Crippen LogP contribution >= 0.6 is 22.9 Å². The molecule has 1 atom stereocenters. The number of fused-ring (bicyclic) bond motifs is 1. The van der Waals surface area contributed by atoms with Crippen molar-refractivity contribution in [1.82, 2.24) is 10.2 Å². The monoisotopic (exact) mass is 530 g/mol. The van der Waals surface area contributed by atoms with E-state index >= 15 is 0 Å². The van der Waals surface area contributed by atoms with Gasteiger partial charge in [0, 0.05) is 33.7 Å². The van der Waals surface area contributed by atoms with Gasteiger partial charge in [-0.2, -0.15) is 5.26 Å². The maximum Gasteiger partial charge on any atom is 0.257 e. The Morgan fingerprint density at radius 1 is 1.19 bits per heavy atom. The third-order valence-corrected chi connectivity index (χ3v) is 6.89. The van der Waals surface area contributed by atoms with Gasteiger partial charge in [-0.15, -0.1) is 10.2 Å². The number of allylic oxidation sites excluding steroid dienone is 1. The van der Waals surface area contributed by atoms with Crippen LogP contribution in [0.1, 0.15) is 33.8 Å². The van der Waals surface area contributed by atoms with Crippen LogP contribution in [-0.2, 0) is 0 Å². The third kappa shape index (κ3) is 5.26. The van der Waals surface area contributed by atoms with Gasteiger partial charge in [-0.1, -0.05) is 41.6 Å². The van der Waals surface area contributed by atoms with Crippen molar-refractivity contribution in [2.45, 2.75) is 12.3 Å². The van der Waals surface area contributed by atoms with E-state index in [9.17, 15) is 15.2 Å². The smallest absolute Gasteiger partial charge is 0.257 e. The molecule has 4 aromatic rings. The number of hydrogen-bond donors (Lipinski definition) is 2. The summed E-state index contributed by atoms with van der Waals surface area (Å²) in [6.07, 6.45) is 0.580. The van der Waals surface area contributed by atoms with E-state index < -0.39 is 0 Å². The van der Waals surface area contributed by atoms with E-state index in [-0.39, 0.29) is 17.6 Å². The second-order valence-corrected chi connectivity index (χ2v) is 9.59. The number of nitrogens with one attached hydrogen (secondary N) is 1. The number of rotatable bonds is 6.